The van der Waals surface area contributed by atoms with Crippen LogP contribution in [0.25, 0.3) is 0 Å². The molecule has 1 aromatic rings. The summed E-state index contributed by atoms with van der Waals surface area (Å²) in [4.78, 5) is 12.8. The third-order valence-corrected chi connectivity index (χ3v) is 3.25. The van der Waals surface area contributed by atoms with Gasteiger partial charge in [0.05, 0.1) is 18.1 Å². The van der Waals surface area contributed by atoms with Crippen LogP contribution in [-0.2, 0) is 11.3 Å². The summed E-state index contributed by atoms with van der Waals surface area (Å²) in [5.74, 6) is 0. The van der Waals surface area contributed by atoms with E-state index in [1.807, 2.05) is 4.90 Å². The first-order chi connectivity index (χ1) is 9.17. The lowest BCUT2D eigenvalue weighted by Gasteiger charge is -2.24. The van der Waals surface area contributed by atoms with Crippen molar-refractivity contribution in [1.29, 1.82) is 0 Å². The van der Waals surface area contributed by atoms with Crippen molar-refractivity contribution in [2.45, 2.75) is 25.5 Å². The van der Waals surface area contributed by atoms with Gasteiger partial charge in [0.15, 0.2) is 0 Å². The standard InChI is InChI=1S/C13H18N2O4/c1-19-7-6-14(11-3-4-11)12-5-2-10(9-16)8-13(12)15(17)18/h2,5,8,11,16H,3-4,6-7,9H2,1H3. The zero-order chi connectivity index (χ0) is 13.8. The van der Waals surface area contributed by atoms with Crippen LogP contribution in [0.4, 0.5) is 11.4 Å². The minimum absolute atomic E-state index is 0.0505. The van der Waals surface area contributed by atoms with Gasteiger partial charge in [0, 0.05) is 25.8 Å². The Labute approximate surface area is 111 Å². The van der Waals surface area contributed by atoms with Crippen LogP contribution in [0, 0.1) is 10.1 Å². The average molecular weight is 266 g/mol. The molecule has 0 aliphatic heterocycles. The normalized spacial score (nSPS) is 14.4. The molecule has 6 nitrogen and oxygen atoms in total. The van der Waals surface area contributed by atoms with Gasteiger partial charge in [-0.3, -0.25) is 10.1 Å². The molecule has 1 fully saturated rings. The lowest BCUT2D eigenvalue weighted by atomic mass is 10.1. The monoisotopic (exact) mass is 266 g/mol. The summed E-state index contributed by atoms with van der Waals surface area (Å²) in [6.07, 6.45) is 2.12. The molecule has 2 rings (SSSR count). The molecule has 0 heterocycles. The summed E-state index contributed by atoms with van der Waals surface area (Å²) < 4.78 is 5.07. The Hall–Kier alpha value is -1.66. The molecule has 0 radical (unpaired) electrons. The Bertz CT molecular complexity index is 460. The van der Waals surface area contributed by atoms with Crippen molar-refractivity contribution in [3.05, 3.63) is 33.9 Å². The third kappa shape index (κ3) is 3.21. The van der Waals surface area contributed by atoms with Gasteiger partial charge < -0.3 is 14.7 Å². The number of hydrogen-bond donors (Lipinski definition) is 1. The van der Waals surface area contributed by atoms with E-state index in [0.717, 1.165) is 12.8 Å². The highest BCUT2D eigenvalue weighted by molar-refractivity contribution is 5.65. The molecular formula is C13H18N2O4. The van der Waals surface area contributed by atoms with Gasteiger partial charge in [-0.05, 0) is 24.5 Å². The van der Waals surface area contributed by atoms with Crippen LogP contribution in [0.1, 0.15) is 18.4 Å². The molecule has 0 unspecified atom stereocenters. The molecule has 0 saturated heterocycles. The lowest BCUT2D eigenvalue weighted by molar-refractivity contribution is -0.384. The van der Waals surface area contributed by atoms with E-state index in [1.165, 1.54) is 6.07 Å². The van der Waals surface area contributed by atoms with Gasteiger partial charge in [-0.15, -0.1) is 0 Å². The van der Waals surface area contributed by atoms with Gasteiger partial charge in [-0.1, -0.05) is 6.07 Å². The number of nitro groups is 1. The van der Waals surface area contributed by atoms with Crippen molar-refractivity contribution in [3.8, 4) is 0 Å². The van der Waals surface area contributed by atoms with E-state index in [4.69, 9.17) is 9.84 Å². The maximum Gasteiger partial charge on any atom is 0.292 e. The summed E-state index contributed by atoms with van der Waals surface area (Å²) in [7, 11) is 1.62. The van der Waals surface area contributed by atoms with E-state index < -0.39 is 4.92 Å². The number of hydrogen-bond acceptors (Lipinski definition) is 5. The molecular weight excluding hydrogens is 248 g/mol. The van der Waals surface area contributed by atoms with Crippen LogP contribution in [-0.4, -0.2) is 36.3 Å². The van der Waals surface area contributed by atoms with Crippen molar-refractivity contribution < 1.29 is 14.8 Å². The number of ether oxygens (including phenoxy) is 1. The number of anilines is 1. The summed E-state index contributed by atoms with van der Waals surface area (Å²) in [6.45, 7) is 0.985. The maximum atomic E-state index is 11.2. The summed E-state index contributed by atoms with van der Waals surface area (Å²) in [6, 6.07) is 5.26. The van der Waals surface area contributed by atoms with Crippen molar-refractivity contribution in [1.82, 2.24) is 0 Å². The van der Waals surface area contributed by atoms with Gasteiger partial charge in [-0.25, -0.2) is 0 Å². The van der Waals surface area contributed by atoms with Crippen LogP contribution in [0.2, 0.25) is 0 Å². The quantitative estimate of drug-likeness (QED) is 0.600. The molecule has 0 spiro atoms. The van der Waals surface area contributed by atoms with Crippen LogP contribution in [0.5, 0.6) is 0 Å². The van der Waals surface area contributed by atoms with E-state index in [-0.39, 0.29) is 12.3 Å². The largest absolute Gasteiger partial charge is 0.392 e. The zero-order valence-corrected chi connectivity index (χ0v) is 10.9. The molecule has 0 atom stereocenters. The highest BCUT2D eigenvalue weighted by Crippen LogP contribution is 2.37. The molecule has 1 saturated carbocycles. The van der Waals surface area contributed by atoms with E-state index in [1.54, 1.807) is 19.2 Å². The first-order valence-electron chi connectivity index (χ1n) is 6.31. The number of aliphatic hydroxyl groups is 1. The average Bonchev–Trinajstić information content (AvgIpc) is 3.23. The molecule has 6 heteroatoms. The number of rotatable bonds is 7. The van der Waals surface area contributed by atoms with Crippen molar-refractivity contribution in [2.24, 2.45) is 0 Å². The minimum Gasteiger partial charge on any atom is -0.392 e. The minimum atomic E-state index is -0.392. The number of benzene rings is 1. The number of aliphatic hydroxyl groups excluding tert-OH is 1. The van der Waals surface area contributed by atoms with Crippen LogP contribution >= 0.6 is 0 Å². The first kappa shape index (κ1) is 13.8. The predicted molar refractivity (Wildman–Crippen MR) is 71.3 cm³/mol. The molecule has 0 amide bonds. The number of methoxy groups -OCH3 is 1. The Morgan fingerprint density at radius 3 is 2.79 bits per heavy atom. The van der Waals surface area contributed by atoms with Crippen LogP contribution in [0.3, 0.4) is 0 Å². The summed E-state index contributed by atoms with van der Waals surface area (Å²) >= 11 is 0. The second kappa shape index (κ2) is 5.99. The fourth-order valence-electron chi connectivity index (χ4n) is 2.13. The SMILES string of the molecule is COCCN(c1ccc(CO)cc1[N+](=O)[O-])C1CC1. The molecule has 104 valence electrons. The molecule has 1 aliphatic carbocycles. The predicted octanol–water partition coefficient (Wildman–Crippen LogP) is 1.70. The Morgan fingerprint density at radius 2 is 2.26 bits per heavy atom. The van der Waals surface area contributed by atoms with Gasteiger partial charge in [-0.2, -0.15) is 0 Å². The zero-order valence-electron chi connectivity index (χ0n) is 10.9. The second-order valence-corrected chi connectivity index (χ2v) is 4.66. The molecule has 0 aromatic heterocycles. The Balaban J connectivity index is 2.32. The molecule has 1 aromatic carbocycles. The van der Waals surface area contributed by atoms with E-state index in [2.05, 4.69) is 0 Å². The molecule has 0 bridgehead atoms. The fraction of sp³-hybridized carbons (Fsp3) is 0.538. The smallest absolute Gasteiger partial charge is 0.292 e. The first-order valence-corrected chi connectivity index (χ1v) is 6.31. The summed E-state index contributed by atoms with van der Waals surface area (Å²) in [5.41, 5.74) is 1.22. The van der Waals surface area contributed by atoms with Gasteiger partial charge in [0.25, 0.3) is 5.69 Å². The van der Waals surface area contributed by atoms with Gasteiger partial charge in [0.2, 0.25) is 0 Å². The molecule has 19 heavy (non-hydrogen) atoms. The van der Waals surface area contributed by atoms with Gasteiger partial charge >= 0.3 is 0 Å². The van der Waals surface area contributed by atoms with E-state index >= 15 is 0 Å². The molecule has 1 aliphatic rings. The van der Waals surface area contributed by atoms with Crippen molar-refractivity contribution in [3.63, 3.8) is 0 Å². The Kier molecular flexibility index (Phi) is 4.34. The van der Waals surface area contributed by atoms with E-state index in [0.29, 0.717) is 30.4 Å². The number of nitro benzene ring substituents is 1. The topological polar surface area (TPSA) is 75.8 Å². The maximum absolute atomic E-state index is 11.2. The van der Waals surface area contributed by atoms with E-state index in [9.17, 15) is 10.1 Å². The number of nitrogens with zero attached hydrogens (tertiary/aromatic N) is 2. The van der Waals surface area contributed by atoms with Gasteiger partial charge in [0.1, 0.15) is 5.69 Å². The van der Waals surface area contributed by atoms with Crippen molar-refractivity contribution >= 4 is 11.4 Å². The fourth-order valence-corrected chi connectivity index (χ4v) is 2.13. The second-order valence-electron chi connectivity index (χ2n) is 4.66. The van der Waals surface area contributed by atoms with Crippen LogP contribution < -0.4 is 4.90 Å². The van der Waals surface area contributed by atoms with Crippen LogP contribution in [0.15, 0.2) is 18.2 Å². The highest BCUT2D eigenvalue weighted by Gasteiger charge is 2.32. The Morgan fingerprint density at radius 1 is 1.53 bits per heavy atom. The van der Waals surface area contributed by atoms with Crippen molar-refractivity contribution in [2.75, 3.05) is 25.2 Å². The highest BCUT2D eigenvalue weighted by atomic mass is 16.6. The summed E-state index contributed by atoms with van der Waals surface area (Å²) in [5, 5.41) is 20.3. The third-order valence-electron chi connectivity index (χ3n) is 3.25. The lowest BCUT2D eigenvalue weighted by Crippen LogP contribution is -2.30. The molecule has 1 N–H and O–H groups in total.